The Kier molecular flexibility index (Phi) is 3.33. The average molecular weight is 309 g/mol. The first kappa shape index (κ1) is 13.9. The molecule has 0 bridgehead atoms. The van der Waals surface area contributed by atoms with Crippen molar-refractivity contribution < 1.29 is 9.18 Å². The molecule has 2 N–H and O–H groups in total. The third-order valence-electron chi connectivity index (χ3n) is 4.30. The van der Waals surface area contributed by atoms with E-state index in [9.17, 15) is 9.18 Å². The van der Waals surface area contributed by atoms with E-state index in [2.05, 4.69) is 15.3 Å². The van der Waals surface area contributed by atoms with Gasteiger partial charge in [-0.05, 0) is 36.1 Å². The molecule has 4 rings (SSSR count). The molecule has 1 saturated carbocycles. The largest absolute Gasteiger partial charge is 0.349 e. The van der Waals surface area contributed by atoms with Gasteiger partial charge >= 0.3 is 0 Å². The molecule has 0 saturated heterocycles. The Morgan fingerprint density at radius 2 is 2.00 bits per heavy atom. The zero-order valence-electron chi connectivity index (χ0n) is 12.4. The van der Waals surface area contributed by atoms with Gasteiger partial charge < -0.3 is 10.3 Å². The average Bonchev–Trinajstić information content (AvgIpc) is 3.24. The van der Waals surface area contributed by atoms with Crippen molar-refractivity contribution in [1.82, 2.24) is 15.3 Å². The number of aromatic amines is 1. The van der Waals surface area contributed by atoms with Gasteiger partial charge in [0.2, 0.25) is 5.91 Å². The SMILES string of the molecule is O=C(NCc1nc2ccccc2[nH]1)[C@@H]1C[C@@H]1c1ccccc1F. The summed E-state index contributed by atoms with van der Waals surface area (Å²) >= 11 is 0. The molecule has 23 heavy (non-hydrogen) atoms. The monoisotopic (exact) mass is 309 g/mol. The van der Waals surface area contributed by atoms with Crippen molar-refractivity contribution in [2.45, 2.75) is 18.9 Å². The highest BCUT2D eigenvalue weighted by molar-refractivity contribution is 5.83. The predicted molar refractivity (Wildman–Crippen MR) is 85.2 cm³/mol. The van der Waals surface area contributed by atoms with Crippen LogP contribution in [-0.2, 0) is 11.3 Å². The van der Waals surface area contributed by atoms with Crippen LogP contribution in [-0.4, -0.2) is 15.9 Å². The lowest BCUT2D eigenvalue weighted by molar-refractivity contribution is -0.122. The maximum atomic E-state index is 13.7. The molecule has 2 atom stereocenters. The van der Waals surface area contributed by atoms with Gasteiger partial charge in [0.1, 0.15) is 11.6 Å². The van der Waals surface area contributed by atoms with Crippen LogP contribution in [0, 0.1) is 11.7 Å². The predicted octanol–water partition coefficient (Wildman–Crippen LogP) is 3.12. The lowest BCUT2D eigenvalue weighted by Gasteiger charge is -2.04. The van der Waals surface area contributed by atoms with E-state index in [4.69, 9.17) is 0 Å². The second kappa shape index (κ2) is 5.50. The minimum atomic E-state index is -0.231. The number of carbonyl (C=O) groups excluding carboxylic acids is 1. The van der Waals surface area contributed by atoms with E-state index in [0.717, 1.165) is 16.9 Å². The highest BCUT2D eigenvalue weighted by Gasteiger charge is 2.44. The molecule has 0 radical (unpaired) electrons. The van der Waals surface area contributed by atoms with Gasteiger partial charge in [-0.1, -0.05) is 30.3 Å². The Hall–Kier alpha value is -2.69. The van der Waals surface area contributed by atoms with Gasteiger partial charge in [-0.15, -0.1) is 0 Å². The van der Waals surface area contributed by atoms with Gasteiger partial charge in [0.15, 0.2) is 0 Å². The molecule has 4 nitrogen and oxygen atoms in total. The van der Waals surface area contributed by atoms with E-state index in [1.165, 1.54) is 6.07 Å². The first-order chi connectivity index (χ1) is 11.2. The minimum Gasteiger partial charge on any atom is -0.349 e. The molecular formula is C18H16FN3O. The standard InChI is InChI=1S/C18H16FN3O/c19-14-6-2-1-5-11(14)12-9-13(12)18(23)20-10-17-21-15-7-3-4-8-16(15)22-17/h1-8,12-13H,9-10H2,(H,20,23)(H,21,22)/t12-,13-/m1/s1. The number of imidazole rings is 1. The molecule has 1 aromatic heterocycles. The molecule has 3 aromatic rings. The number of hydrogen-bond acceptors (Lipinski definition) is 2. The topological polar surface area (TPSA) is 57.8 Å². The van der Waals surface area contributed by atoms with Crippen LogP contribution in [0.25, 0.3) is 11.0 Å². The normalized spacial score (nSPS) is 19.7. The number of amides is 1. The second-order valence-electron chi connectivity index (χ2n) is 5.89. The molecule has 0 spiro atoms. The third-order valence-corrected chi connectivity index (χ3v) is 4.30. The molecule has 0 unspecified atom stereocenters. The summed E-state index contributed by atoms with van der Waals surface area (Å²) in [4.78, 5) is 19.8. The number of nitrogens with zero attached hydrogens (tertiary/aromatic N) is 1. The summed E-state index contributed by atoms with van der Waals surface area (Å²) in [7, 11) is 0. The van der Waals surface area contributed by atoms with Crippen LogP contribution in [0.3, 0.4) is 0 Å². The van der Waals surface area contributed by atoms with Crippen molar-refractivity contribution in [3.8, 4) is 0 Å². The van der Waals surface area contributed by atoms with Crippen molar-refractivity contribution in [3.05, 3.63) is 65.7 Å². The summed E-state index contributed by atoms with van der Waals surface area (Å²) in [5.41, 5.74) is 2.47. The molecule has 0 aliphatic heterocycles. The lowest BCUT2D eigenvalue weighted by atomic mass is 10.1. The summed E-state index contributed by atoms with van der Waals surface area (Å²) in [5, 5.41) is 2.89. The molecule has 5 heteroatoms. The minimum absolute atomic E-state index is 0.00752. The van der Waals surface area contributed by atoms with Gasteiger partial charge in [-0.3, -0.25) is 4.79 Å². The van der Waals surface area contributed by atoms with Crippen molar-refractivity contribution in [2.24, 2.45) is 5.92 Å². The summed E-state index contributed by atoms with van der Waals surface area (Å²) in [6.07, 6.45) is 0.701. The van der Waals surface area contributed by atoms with Crippen molar-refractivity contribution in [3.63, 3.8) is 0 Å². The van der Waals surface area contributed by atoms with Gasteiger partial charge in [-0.25, -0.2) is 9.37 Å². The fourth-order valence-electron chi connectivity index (χ4n) is 3.00. The van der Waals surface area contributed by atoms with E-state index in [0.29, 0.717) is 18.5 Å². The van der Waals surface area contributed by atoms with E-state index in [1.807, 2.05) is 24.3 Å². The van der Waals surface area contributed by atoms with Crippen LogP contribution >= 0.6 is 0 Å². The highest BCUT2D eigenvalue weighted by Crippen LogP contribution is 2.48. The molecular weight excluding hydrogens is 293 g/mol. The first-order valence-corrected chi connectivity index (χ1v) is 7.68. The van der Waals surface area contributed by atoms with Crippen LogP contribution in [0.5, 0.6) is 0 Å². The van der Waals surface area contributed by atoms with Gasteiger partial charge in [0, 0.05) is 5.92 Å². The van der Waals surface area contributed by atoms with Crippen LogP contribution < -0.4 is 5.32 Å². The number of H-pyrrole nitrogens is 1. The maximum absolute atomic E-state index is 13.7. The summed E-state index contributed by atoms with van der Waals surface area (Å²) in [6, 6.07) is 14.4. The number of rotatable bonds is 4. The van der Waals surface area contributed by atoms with Crippen molar-refractivity contribution >= 4 is 16.9 Å². The number of nitrogens with one attached hydrogen (secondary N) is 2. The Morgan fingerprint density at radius 3 is 2.83 bits per heavy atom. The fourth-order valence-corrected chi connectivity index (χ4v) is 3.00. The smallest absolute Gasteiger partial charge is 0.224 e. The van der Waals surface area contributed by atoms with E-state index in [1.54, 1.807) is 18.2 Å². The number of benzene rings is 2. The molecule has 1 fully saturated rings. The highest BCUT2D eigenvalue weighted by atomic mass is 19.1. The molecule has 1 heterocycles. The second-order valence-corrected chi connectivity index (χ2v) is 5.89. The first-order valence-electron chi connectivity index (χ1n) is 7.68. The van der Waals surface area contributed by atoms with Crippen LogP contribution in [0.2, 0.25) is 0 Å². The maximum Gasteiger partial charge on any atom is 0.224 e. The molecule has 1 amide bonds. The third kappa shape index (κ3) is 2.70. The molecule has 1 aliphatic carbocycles. The van der Waals surface area contributed by atoms with E-state index < -0.39 is 0 Å². The Bertz CT molecular complexity index is 840. The number of para-hydroxylation sites is 2. The van der Waals surface area contributed by atoms with Crippen LogP contribution in [0.15, 0.2) is 48.5 Å². The number of carbonyl (C=O) groups is 1. The molecule has 1 aliphatic rings. The van der Waals surface area contributed by atoms with Crippen molar-refractivity contribution in [1.29, 1.82) is 0 Å². The van der Waals surface area contributed by atoms with Gasteiger partial charge in [0.05, 0.1) is 17.6 Å². The molecule has 116 valence electrons. The van der Waals surface area contributed by atoms with Gasteiger partial charge in [-0.2, -0.15) is 0 Å². The van der Waals surface area contributed by atoms with E-state index >= 15 is 0 Å². The number of halogens is 1. The zero-order valence-corrected chi connectivity index (χ0v) is 12.4. The van der Waals surface area contributed by atoms with Crippen molar-refractivity contribution in [2.75, 3.05) is 0 Å². The number of fused-ring (bicyclic) bond motifs is 1. The summed E-state index contributed by atoms with van der Waals surface area (Å²) in [5.74, 6) is 0.301. The Labute approximate surface area is 132 Å². The van der Waals surface area contributed by atoms with Crippen LogP contribution in [0.1, 0.15) is 23.7 Å². The van der Waals surface area contributed by atoms with Crippen LogP contribution in [0.4, 0.5) is 4.39 Å². The summed E-state index contributed by atoms with van der Waals surface area (Å²) < 4.78 is 13.7. The molecule has 2 aromatic carbocycles. The van der Waals surface area contributed by atoms with E-state index in [-0.39, 0.29) is 23.6 Å². The number of hydrogen-bond donors (Lipinski definition) is 2. The fraction of sp³-hybridized carbons (Fsp3) is 0.222. The number of aromatic nitrogens is 2. The quantitative estimate of drug-likeness (QED) is 0.778. The zero-order chi connectivity index (χ0) is 15.8. The Morgan fingerprint density at radius 1 is 1.22 bits per heavy atom. The lowest BCUT2D eigenvalue weighted by Crippen LogP contribution is -2.25. The van der Waals surface area contributed by atoms with Gasteiger partial charge in [0.25, 0.3) is 0 Å². The summed E-state index contributed by atoms with van der Waals surface area (Å²) in [6.45, 7) is 0.355. The Balaban J connectivity index is 1.39.